The second-order valence-corrected chi connectivity index (χ2v) is 9.93. The highest BCUT2D eigenvalue weighted by Gasteiger charge is 2.24. The third-order valence-electron chi connectivity index (χ3n) is 7.19. The van der Waals surface area contributed by atoms with E-state index in [9.17, 15) is 4.79 Å². The van der Waals surface area contributed by atoms with Crippen LogP contribution in [0.25, 0.3) is 10.8 Å². The van der Waals surface area contributed by atoms with Gasteiger partial charge in [0.25, 0.3) is 5.91 Å². The zero-order chi connectivity index (χ0) is 24.0. The Hall–Kier alpha value is -2.76. The van der Waals surface area contributed by atoms with Crippen molar-refractivity contribution in [2.45, 2.75) is 25.7 Å². The van der Waals surface area contributed by atoms with Crippen LogP contribution in [0, 0.1) is 0 Å². The summed E-state index contributed by atoms with van der Waals surface area (Å²) < 4.78 is 5.97. The Kier molecular flexibility index (Phi) is 7.75. The van der Waals surface area contributed by atoms with Crippen LogP contribution in [0.2, 0.25) is 5.02 Å². The minimum Gasteiger partial charge on any atom is -0.492 e. The van der Waals surface area contributed by atoms with E-state index in [4.69, 9.17) is 16.3 Å². The molecule has 0 aromatic heterocycles. The molecule has 3 aromatic carbocycles. The van der Waals surface area contributed by atoms with E-state index in [1.165, 1.54) is 32.4 Å². The van der Waals surface area contributed by atoms with Gasteiger partial charge in [-0.25, -0.2) is 0 Å². The number of carbonyl (C=O) groups is 1. The van der Waals surface area contributed by atoms with Crippen molar-refractivity contribution in [1.29, 1.82) is 0 Å². The molecule has 0 N–H and O–H groups in total. The summed E-state index contributed by atoms with van der Waals surface area (Å²) in [5, 5.41) is 2.76. The monoisotopic (exact) mass is 491 g/mol. The van der Waals surface area contributed by atoms with E-state index in [2.05, 4.69) is 28.0 Å². The largest absolute Gasteiger partial charge is 0.492 e. The van der Waals surface area contributed by atoms with Gasteiger partial charge in [-0.2, -0.15) is 0 Å². The van der Waals surface area contributed by atoms with Crippen LogP contribution in [0.15, 0.2) is 60.7 Å². The lowest BCUT2D eigenvalue weighted by molar-refractivity contribution is 0.0749. The van der Waals surface area contributed by atoms with Gasteiger partial charge in [-0.05, 0) is 67.4 Å². The van der Waals surface area contributed by atoms with E-state index >= 15 is 0 Å². The van der Waals surface area contributed by atoms with Crippen molar-refractivity contribution in [3.8, 4) is 5.75 Å². The molecule has 2 aliphatic heterocycles. The second-order valence-electron chi connectivity index (χ2n) is 9.52. The van der Waals surface area contributed by atoms with Crippen LogP contribution in [-0.4, -0.2) is 68.1 Å². The lowest BCUT2D eigenvalue weighted by atomic mass is 10.0. The molecule has 2 saturated heterocycles. The quantitative estimate of drug-likeness (QED) is 0.396. The smallest absolute Gasteiger partial charge is 0.254 e. The Bertz CT molecular complexity index is 1150. The van der Waals surface area contributed by atoms with Gasteiger partial charge in [-0.1, -0.05) is 54.4 Å². The molecule has 5 nitrogen and oxygen atoms in total. The van der Waals surface area contributed by atoms with Gasteiger partial charge >= 0.3 is 0 Å². The topological polar surface area (TPSA) is 36.0 Å². The third-order valence-corrected chi connectivity index (χ3v) is 7.49. The summed E-state index contributed by atoms with van der Waals surface area (Å²) in [6.45, 7) is 7.16. The third kappa shape index (κ3) is 5.74. The Morgan fingerprint density at radius 1 is 0.857 bits per heavy atom. The van der Waals surface area contributed by atoms with Crippen molar-refractivity contribution in [2.75, 3.05) is 57.3 Å². The molecule has 0 atom stereocenters. The molecular formula is C29H34ClN3O2. The van der Waals surface area contributed by atoms with Gasteiger partial charge < -0.3 is 19.4 Å². The number of piperidine rings is 1. The van der Waals surface area contributed by atoms with Crippen molar-refractivity contribution < 1.29 is 9.53 Å². The SMILES string of the molecule is O=C(c1cccc2ccccc12)N1CCN(c2ccc(OCCCN3CCCCC3)c(Cl)c2)CC1. The first-order chi connectivity index (χ1) is 17.2. The highest BCUT2D eigenvalue weighted by atomic mass is 35.5. The number of nitrogens with zero attached hydrogens (tertiary/aromatic N) is 3. The summed E-state index contributed by atoms with van der Waals surface area (Å²) in [6, 6.07) is 20.1. The molecule has 2 aliphatic rings. The van der Waals surface area contributed by atoms with Crippen LogP contribution in [-0.2, 0) is 0 Å². The first-order valence-corrected chi connectivity index (χ1v) is 13.2. The molecule has 0 spiro atoms. The maximum Gasteiger partial charge on any atom is 0.254 e. The van der Waals surface area contributed by atoms with Gasteiger partial charge in [0.15, 0.2) is 0 Å². The number of benzene rings is 3. The van der Waals surface area contributed by atoms with E-state index in [1.54, 1.807) is 0 Å². The fraction of sp³-hybridized carbons (Fsp3) is 0.414. The van der Waals surface area contributed by atoms with E-state index < -0.39 is 0 Å². The maximum atomic E-state index is 13.2. The van der Waals surface area contributed by atoms with Crippen LogP contribution in [0.5, 0.6) is 5.75 Å². The number of hydrogen-bond acceptors (Lipinski definition) is 4. The summed E-state index contributed by atoms with van der Waals surface area (Å²) in [6.07, 6.45) is 5.02. The first kappa shape index (κ1) is 24.0. The van der Waals surface area contributed by atoms with E-state index in [0.717, 1.165) is 53.8 Å². The van der Waals surface area contributed by atoms with Crippen LogP contribution in [0.1, 0.15) is 36.0 Å². The number of anilines is 1. The Morgan fingerprint density at radius 2 is 1.63 bits per heavy atom. The van der Waals surface area contributed by atoms with Crippen molar-refractivity contribution in [1.82, 2.24) is 9.80 Å². The molecule has 2 fully saturated rings. The summed E-state index contributed by atoms with van der Waals surface area (Å²) in [5.74, 6) is 0.853. The average Bonchev–Trinajstić information content (AvgIpc) is 2.92. The lowest BCUT2D eigenvalue weighted by Crippen LogP contribution is -2.48. The van der Waals surface area contributed by atoms with E-state index in [0.29, 0.717) is 24.7 Å². The maximum absolute atomic E-state index is 13.2. The van der Waals surface area contributed by atoms with Crippen LogP contribution in [0.3, 0.4) is 0 Å². The molecule has 0 saturated carbocycles. The Labute approximate surface area is 213 Å². The minimum absolute atomic E-state index is 0.104. The van der Waals surface area contributed by atoms with Crippen LogP contribution >= 0.6 is 11.6 Å². The molecule has 0 unspecified atom stereocenters. The average molecular weight is 492 g/mol. The van der Waals surface area contributed by atoms with Crippen molar-refractivity contribution in [2.24, 2.45) is 0 Å². The Balaban J connectivity index is 1.13. The molecular weight excluding hydrogens is 458 g/mol. The van der Waals surface area contributed by atoms with E-state index in [-0.39, 0.29) is 5.91 Å². The summed E-state index contributed by atoms with van der Waals surface area (Å²) in [5.41, 5.74) is 1.86. The van der Waals surface area contributed by atoms with Crippen LogP contribution < -0.4 is 9.64 Å². The minimum atomic E-state index is 0.104. The summed E-state index contributed by atoms with van der Waals surface area (Å²) in [4.78, 5) is 20.0. The fourth-order valence-corrected chi connectivity index (χ4v) is 5.44. The van der Waals surface area contributed by atoms with E-state index in [1.807, 2.05) is 47.4 Å². The summed E-state index contributed by atoms with van der Waals surface area (Å²) >= 11 is 6.56. The lowest BCUT2D eigenvalue weighted by Gasteiger charge is -2.36. The van der Waals surface area contributed by atoms with Gasteiger partial charge in [0.1, 0.15) is 5.75 Å². The van der Waals surface area contributed by atoms with Gasteiger partial charge in [-0.3, -0.25) is 4.79 Å². The molecule has 0 bridgehead atoms. The summed E-state index contributed by atoms with van der Waals surface area (Å²) in [7, 11) is 0. The molecule has 5 rings (SSSR count). The normalized spacial score (nSPS) is 17.1. The number of ether oxygens (including phenoxy) is 1. The fourth-order valence-electron chi connectivity index (χ4n) is 5.21. The molecule has 184 valence electrons. The molecule has 0 aliphatic carbocycles. The highest BCUT2D eigenvalue weighted by molar-refractivity contribution is 6.32. The van der Waals surface area contributed by atoms with Gasteiger partial charge in [0.2, 0.25) is 0 Å². The molecule has 35 heavy (non-hydrogen) atoms. The zero-order valence-corrected chi connectivity index (χ0v) is 21.1. The molecule has 2 heterocycles. The van der Waals surface area contributed by atoms with Gasteiger partial charge in [0.05, 0.1) is 11.6 Å². The standard InChI is InChI=1S/C29H34ClN3O2/c30-27-22-24(12-13-28(27)35-21-7-16-31-14-4-1-5-15-31)32-17-19-33(20-18-32)29(34)26-11-6-9-23-8-2-3-10-25(23)26/h2-3,6,8-13,22H,1,4-5,7,14-21H2. The number of fused-ring (bicyclic) bond motifs is 1. The van der Waals surface area contributed by atoms with Gasteiger partial charge in [-0.15, -0.1) is 0 Å². The first-order valence-electron chi connectivity index (χ1n) is 12.9. The number of halogens is 1. The molecule has 1 amide bonds. The predicted molar refractivity (Wildman–Crippen MR) is 144 cm³/mol. The molecule has 0 radical (unpaired) electrons. The van der Waals surface area contributed by atoms with Crippen molar-refractivity contribution in [3.63, 3.8) is 0 Å². The molecule has 3 aromatic rings. The molecule has 6 heteroatoms. The van der Waals surface area contributed by atoms with Crippen molar-refractivity contribution >= 4 is 34.0 Å². The zero-order valence-electron chi connectivity index (χ0n) is 20.3. The number of amides is 1. The highest BCUT2D eigenvalue weighted by Crippen LogP contribution is 2.30. The van der Waals surface area contributed by atoms with Crippen molar-refractivity contribution in [3.05, 3.63) is 71.2 Å². The predicted octanol–water partition coefficient (Wildman–Crippen LogP) is 5.71. The number of hydrogen-bond donors (Lipinski definition) is 0. The second kappa shape index (κ2) is 11.3. The number of likely N-dealkylation sites (tertiary alicyclic amines) is 1. The van der Waals surface area contributed by atoms with Gasteiger partial charge in [0, 0.05) is 44.0 Å². The Morgan fingerprint density at radius 3 is 2.43 bits per heavy atom. The number of carbonyl (C=O) groups excluding carboxylic acids is 1. The number of rotatable bonds is 7. The van der Waals surface area contributed by atoms with Crippen LogP contribution in [0.4, 0.5) is 5.69 Å². The number of piperazine rings is 1.